The Morgan fingerprint density at radius 1 is 1.10 bits per heavy atom. The topological polar surface area (TPSA) is 176 Å². The summed E-state index contributed by atoms with van der Waals surface area (Å²) in [4.78, 5) is 63.1. The number of pyridine rings is 1. The SMILES string of the molecule is CN1CCC/C=C\[C@@H]2C[C@@]2(C(=O)NS(=O)(=O)C2CC2)NC(=O)[C@@H]2CC(Oc3nccc4ccccc34)CN2C(=O)[C@@H](NC(=O)OC(C)(C)C)C1. The highest BCUT2D eigenvalue weighted by atomic mass is 32.2. The molecule has 0 spiro atoms. The molecule has 4 amide bonds. The molecule has 50 heavy (non-hydrogen) atoms. The van der Waals surface area contributed by atoms with E-state index in [1.54, 1.807) is 27.0 Å². The van der Waals surface area contributed by atoms with E-state index in [-0.39, 0.29) is 25.9 Å². The van der Waals surface area contributed by atoms with Crippen LogP contribution in [0.2, 0.25) is 0 Å². The number of hydrogen-bond acceptors (Lipinski definition) is 10. The summed E-state index contributed by atoms with van der Waals surface area (Å²) in [5.74, 6) is -2.01. The van der Waals surface area contributed by atoms with E-state index in [1.807, 2.05) is 54.4 Å². The molecule has 1 aromatic heterocycles. The summed E-state index contributed by atoms with van der Waals surface area (Å²) >= 11 is 0. The number of carbonyl (C=O) groups is 4. The number of aromatic nitrogens is 1. The number of amides is 4. The maximum absolute atomic E-state index is 14.4. The Hall–Kier alpha value is -4.24. The first-order chi connectivity index (χ1) is 23.6. The lowest BCUT2D eigenvalue weighted by molar-refractivity contribution is -0.141. The Kier molecular flexibility index (Phi) is 9.83. The number of nitrogens with one attached hydrogen (secondary N) is 3. The van der Waals surface area contributed by atoms with Crippen molar-refractivity contribution in [2.45, 2.75) is 93.9 Å². The highest BCUT2D eigenvalue weighted by molar-refractivity contribution is 7.91. The Labute approximate surface area is 292 Å². The minimum absolute atomic E-state index is 0.00335. The van der Waals surface area contributed by atoms with Gasteiger partial charge in [-0.05, 0) is 84.0 Å². The van der Waals surface area contributed by atoms with Gasteiger partial charge in [0.05, 0.1) is 11.8 Å². The average Bonchev–Trinajstić information content (AvgIpc) is 3.96. The molecule has 4 aliphatic rings. The fourth-order valence-corrected chi connectivity index (χ4v) is 8.03. The van der Waals surface area contributed by atoms with Gasteiger partial charge in [0, 0.05) is 30.5 Å². The van der Waals surface area contributed by atoms with Gasteiger partial charge in [-0.25, -0.2) is 18.2 Å². The Morgan fingerprint density at radius 3 is 2.60 bits per heavy atom. The summed E-state index contributed by atoms with van der Waals surface area (Å²) in [6.45, 7) is 5.91. The first kappa shape index (κ1) is 35.6. The molecule has 3 fully saturated rings. The third-order valence-electron chi connectivity index (χ3n) is 9.49. The normalized spacial score (nSPS) is 28.7. The van der Waals surface area contributed by atoms with Crippen LogP contribution in [0.25, 0.3) is 10.8 Å². The van der Waals surface area contributed by atoms with Gasteiger partial charge in [-0.3, -0.25) is 19.1 Å². The van der Waals surface area contributed by atoms with E-state index >= 15 is 0 Å². The molecule has 2 aliphatic heterocycles. The van der Waals surface area contributed by atoms with Gasteiger partial charge in [-0.1, -0.05) is 30.4 Å². The number of nitrogens with zero attached hydrogens (tertiary/aromatic N) is 3. The Bertz CT molecular complexity index is 1790. The lowest BCUT2D eigenvalue weighted by Gasteiger charge is -2.32. The number of sulfonamides is 1. The van der Waals surface area contributed by atoms with Crippen molar-refractivity contribution in [2.24, 2.45) is 5.92 Å². The van der Waals surface area contributed by atoms with Crippen molar-refractivity contribution in [1.29, 1.82) is 0 Å². The molecule has 5 atom stereocenters. The second-order valence-electron chi connectivity index (χ2n) is 14.8. The van der Waals surface area contributed by atoms with E-state index in [9.17, 15) is 27.6 Å². The predicted octanol–water partition coefficient (Wildman–Crippen LogP) is 2.24. The second kappa shape index (κ2) is 13.8. The summed E-state index contributed by atoms with van der Waals surface area (Å²) in [6.07, 6.45) is 6.57. The van der Waals surface area contributed by atoms with E-state index in [0.29, 0.717) is 31.7 Å². The molecular formula is C35H46N6O8S. The lowest BCUT2D eigenvalue weighted by Crippen LogP contribution is -2.59. The van der Waals surface area contributed by atoms with Gasteiger partial charge >= 0.3 is 6.09 Å². The van der Waals surface area contributed by atoms with E-state index in [0.717, 1.165) is 17.2 Å². The van der Waals surface area contributed by atoms with Crippen molar-refractivity contribution in [1.82, 2.24) is 30.1 Å². The van der Waals surface area contributed by atoms with Crippen LogP contribution in [0, 0.1) is 5.92 Å². The summed E-state index contributed by atoms with van der Waals surface area (Å²) in [5.41, 5.74) is -2.31. The number of allylic oxidation sites excluding steroid dienone is 1. The maximum atomic E-state index is 14.4. The van der Waals surface area contributed by atoms with Crippen LogP contribution in [0.1, 0.15) is 59.3 Å². The molecule has 3 heterocycles. The molecule has 2 aliphatic carbocycles. The third-order valence-corrected chi connectivity index (χ3v) is 11.3. The van der Waals surface area contributed by atoms with Crippen LogP contribution in [0.5, 0.6) is 5.88 Å². The molecular weight excluding hydrogens is 664 g/mol. The van der Waals surface area contributed by atoms with Crippen molar-refractivity contribution in [3.8, 4) is 5.88 Å². The van der Waals surface area contributed by atoms with Gasteiger partial charge in [-0.2, -0.15) is 0 Å². The van der Waals surface area contributed by atoms with E-state index in [1.165, 1.54) is 4.90 Å². The Balaban J connectivity index is 1.32. The molecule has 3 N–H and O–H groups in total. The molecule has 1 saturated heterocycles. The molecule has 0 bridgehead atoms. The van der Waals surface area contributed by atoms with Crippen molar-refractivity contribution < 1.29 is 37.1 Å². The predicted molar refractivity (Wildman–Crippen MR) is 184 cm³/mol. The monoisotopic (exact) mass is 710 g/mol. The lowest BCUT2D eigenvalue weighted by atomic mass is 10.1. The molecule has 2 saturated carbocycles. The summed E-state index contributed by atoms with van der Waals surface area (Å²) < 4.78 is 39.6. The van der Waals surface area contributed by atoms with Crippen molar-refractivity contribution in [2.75, 3.05) is 26.7 Å². The smallest absolute Gasteiger partial charge is 0.408 e. The highest BCUT2D eigenvalue weighted by Gasteiger charge is 2.62. The first-order valence-corrected chi connectivity index (χ1v) is 18.7. The minimum atomic E-state index is -3.88. The average molecular weight is 711 g/mol. The van der Waals surface area contributed by atoms with Gasteiger partial charge in [-0.15, -0.1) is 0 Å². The number of alkyl carbamates (subject to hydrolysis) is 1. The fraction of sp³-hybridized carbons (Fsp3) is 0.571. The maximum Gasteiger partial charge on any atom is 0.408 e. The Morgan fingerprint density at radius 2 is 1.86 bits per heavy atom. The number of hydrogen-bond donors (Lipinski definition) is 3. The van der Waals surface area contributed by atoms with Gasteiger partial charge in [0.15, 0.2) is 0 Å². The van der Waals surface area contributed by atoms with E-state index in [4.69, 9.17) is 9.47 Å². The number of likely N-dealkylation sites (N-methyl/N-ethyl adjacent to an activating group) is 1. The van der Waals surface area contributed by atoms with Crippen LogP contribution in [0.4, 0.5) is 4.79 Å². The fourth-order valence-electron chi connectivity index (χ4n) is 6.66. The zero-order chi connectivity index (χ0) is 35.8. The molecule has 2 aromatic rings. The van der Waals surface area contributed by atoms with Crippen LogP contribution in [0.15, 0.2) is 48.7 Å². The van der Waals surface area contributed by atoms with Crippen LogP contribution in [-0.2, 0) is 29.1 Å². The number of benzene rings is 1. The highest BCUT2D eigenvalue weighted by Crippen LogP contribution is 2.46. The standard InChI is InChI=1S/C35H46N6O8S/c1-34(2,3)49-33(45)37-27-21-40(4)17-9-5-6-11-23-19-35(23,32(44)39-50(46,47)25-13-14-25)38-29(42)28-18-24(20-41(28)31(27)43)48-30-26-12-8-7-10-22(26)15-16-36-30/h6-8,10-12,15-16,23-25,27-28H,5,9,13-14,17-21H2,1-4H3,(H,37,45)(H,38,42)(H,39,44)/b11-6-/t23-,24?,27+,28+,35-/m1/s1. The van der Waals surface area contributed by atoms with Crippen molar-refractivity contribution in [3.63, 3.8) is 0 Å². The van der Waals surface area contributed by atoms with Crippen LogP contribution >= 0.6 is 0 Å². The molecule has 14 nitrogen and oxygen atoms in total. The molecule has 15 heteroatoms. The molecule has 1 unspecified atom stereocenters. The zero-order valence-electron chi connectivity index (χ0n) is 28.9. The number of ether oxygens (including phenoxy) is 2. The second-order valence-corrected chi connectivity index (χ2v) is 16.8. The van der Waals surface area contributed by atoms with Crippen molar-refractivity contribution in [3.05, 3.63) is 48.7 Å². The van der Waals surface area contributed by atoms with Gasteiger partial charge in [0.1, 0.15) is 29.3 Å². The van der Waals surface area contributed by atoms with Gasteiger partial charge < -0.3 is 29.9 Å². The molecule has 0 radical (unpaired) electrons. The molecule has 6 rings (SSSR count). The largest absolute Gasteiger partial charge is 0.472 e. The number of rotatable bonds is 6. The van der Waals surface area contributed by atoms with Crippen molar-refractivity contribution >= 4 is 44.6 Å². The van der Waals surface area contributed by atoms with Gasteiger partial charge in [0.2, 0.25) is 27.7 Å². The van der Waals surface area contributed by atoms with Crippen LogP contribution in [0.3, 0.4) is 0 Å². The van der Waals surface area contributed by atoms with Crippen LogP contribution < -0.4 is 20.1 Å². The molecule has 1 aromatic carbocycles. The van der Waals surface area contributed by atoms with E-state index in [2.05, 4.69) is 20.3 Å². The zero-order valence-corrected chi connectivity index (χ0v) is 29.7. The number of fused-ring (bicyclic) bond motifs is 3. The minimum Gasteiger partial charge on any atom is -0.472 e. The van der Waals surface area contributed by atoms with Gasteiger partial charge in [0.25, 0.3) is 5.91 Å². The van der Waals surface area contributed by atoms with Crippen LogP contribution in [-0.4, -0.2) is 108 Å². The summed E-state index contributed by atoms with van der Waals surface area (Å²) in [6, 6.07) is 7.25. The first-order valence-electron chi connectivity index (χ1n) is 17.2. The third kappa shape index (κ3) is 8.04. The summed E-state index contributed by atoms with van der Waals surface area (Å²) in [7, 11) is -2.03. The summed E-state index contributed by atoms with van der Waals surface area (Å²) in [5, 5.41) is 6.64. The number of carbonyl (C=O) groups excluding carboxylic acids is 4. The quantitative estimate of drug-likeness (QED) is 0.377. The molecule has 270 valence electrons. The van der Waals surface area contributed by atoms with E-state index < -0.39 is 74.3 Å².